The standard InChI is InChI=1S/C13H20ClN3O/c1-17(2)8-4-3-7-16-13(18)10-5-6-11(14)12(15)9-10/h5-6,9H,3-4,7-8,15H2,1-2H3,(H,16,18). The highest BCUT2D eigenvalue weighted by Crippen LogP contribution is 2.19. The van der Waals surface area contributed by atoms with Crippen molar-refractivity contribution in [2.45, 2.75) is 12.8 Å². The molecule has 0 atom stereocenters. The number of nitrogens with one attached hydrogen (secondary N) is 1. The van der Waals surface area contributed by atoms with Crippen LogP contribution >= 0.6 is 11.6 Å². The number of unbranched alkanes of at least 4 members (excludes halogenated alkanes) is 1. The van der Waals surface area contributed by atoms with Gasteiger partial charge in [0.2, 0.25) is 0 Å². The van der Waals surface area contributed by atoms with E-state index in [-0.39, 0.29) is 5.91 Å². The number of nitrogens with zero attached hydrogens (tertiary/aromatic N) is 1. The molecular formula is C13H20ClN3O. The van der Waals surface area contributed by atoms with E-state index in [9.17, 15) is 4.79 Å². The highest BCUT2D eigenvalue weighted by atomic mass is 35.5. The predicted octanol–water partition coefficient (Wildman–Crippen LogP) is 1.99. The van der Waals surface area contributed by atoms with Gasteiger partial charge in [-0.1, -0.05) is 11.6 Å². The first kappa shape index (κ1) is 14.8. The molecule has 0 aliphatic heterocycles. The summed E-state index contributed by atoms with van der Waals surface area (Å²) in [4.78, 5) is 13.9. The first-order valence-electron chi connectivity index (χ1n) is 5.98. The van der Waals surface area contributed by atoms with Crippen molar-refractivity contribution in [3.05, 3.63) is 28.8 Å². The van der Waals surface area contributed by atoms with Gasteiger partial charge in [-0.25, -0.2) is 0 Å². The van der Waals surface area contributed by atoms with E-state index >= 15 is 0 Å². The minimum atomic E-state index is -0.108. The smallest absolute Gasteiger partial charge is 0.251 e. The molecule has 0 bridgehead atoms. The van der Waals surface area contributed by atoms with Crippen molar-refractivity contribution in [2.24, 2.45) is 0 Å². The second kappa shape index (κ2) is 7.24. The summed E-state index contributed by atoms with van der Waals surface area (Å²) in [6.07, 6.45) is 2.03. The normalized spacial score (nSPS) is 10.7. The summed E-state index contributed by atoms with van der Waals surface area (Å²) in [6, 6.07) is 4.91. The first-order valence-corrected chi connectivity index (χ1v) is 6.36. The monoisotopic (exact) mass is 269 g/mol. The maximum atomic E-state index is 11.8. The largest absolute Gasteiger partial charge is 0.398 e. The van der Waals surface area contributed by atoms with Crippen molar-refractivity contribution < 1.29 is 4.79 Å². The molecule has 0 heterocycles. The van der Waals surface area contributed by atoms with Crippen LogP contribution in [0.4, 0.5) is 5.69 Å². The summed E-state index contributed by atoms with van der Waals surface area (Å²) in [7, 11) is 4.07. The Morgan fingerprint density at radius 3 is 2.72 bits per heavy atom. The predicted molar refractivity (Wildman–Crippen MR) is 76.0 cm³/mol. The first-order chi connectivity index (χ1) is 8.50. The van der Waals surface area contributed by atoms with E-state index in [0.29, 0.717) is 22.8 Å². The molecule has 0 radical (unpaired) electrons. The van der Waals surface area contributed by atoms with E-state index in [1.54, 1.807) is 18.2 Å². The zero-order chi connectivity index (χ0) is 13.5. The van der Waals surface area contributed by atoms with Crippen LogP contribution in [0.25, 0.3) is 0 Å². The molecular weight excluding hydrogens is 250 g/mol. The molecule has 0 unspecified atom stereocenters. The van der Waals surface area contributed by atoms with Crippen LogP contribution in [-0.2, 0) is 0 Å². The Balaban J connectivity index is 2.34. The molecule has 0 aliphatic rings. The number of hydrogen-bond donors (Lipinski definition) is 2. The number of rotatable bonds is 6. The number of nitrogen functional groups attached to an aromatic ring is 1. The SMILES string of the molecule is CN(C)CCCCNC(=O)c1ccc(Cl)c(N)c1. The Labute approximate surface area is 113 Å². The number of hydrogen-bond acceptors (Lipinski definition) is 3. The van der Waals surface area contributed by atoms with Gasteiger partial charge in [0.15, 0.2) is 0 Å². The van der Waals surface area contributed by atoms with E-state index < -0.39 is 0 Å². The summed E-state index contributed by atoms with van der Waals surface area (Å²) >= 11 is 5.80. The van der Waals surface area contributed by atoms with Crippen molar-refractivity contribution in [3.63, 3.8) is 0 Å². The van der Waals surface area contributed by atoms with Crippen LogP contribution in [0.2, 0.25) is 5.02 Å². The third-order valence-corrected chi connectivity index (χ3v) is 2.92. The Morgan fingerprint density at radius 2 is 2.11 bits per heavy atom. The lowest BCUT2D eigenvalue weighted by Crippen LogP contribution is -2.25. The molecule has 0 saturated carbocycles. The Bertz CT molecular complexity index is 407. The van der Waals surface area contributed by atoms with Crippen molar-refractivity contribution in [2.75, 3.05) is 32.9 Å². The molecule has 4 nitrogen and oxygen atoms in total. The van der Waals surface area contributed by atoms with Gasteiger partial charge in [0.25, 0.3) is 5.91 Å². The van der Waals surface area contributed by atoms with Crippen LogP contribution in [0.15, 0.2) is 18.2 Å². The molecule has 18 heavy (non-hydrogen) atoms. The van der Waals surface area contributed by atoms with Gasteiger partial charge in [-0.05, 0) is 51.7 Å². The molecule has 0 fully saturated rings. The van der Waals surface area contributed by atoms with Crippen LogP contribution in [0.1, 0.15) is 23.2 Å². The van der Waals surface area contributed by atoms with E-state index in [2.05, 4.69) is 10.2 Å². The molecule has 0 spiro atoms. The molecule has 1 amide bonds. The average molecular weight is 270 g/mol. The van der Waals surface area contributed by atoms with Crippen molar-refractivity contribution in [1.82, 2.24) is 10.2 Å². The summed E-state index contributed by atoms with van der Waals surface area (Å²) in [6.45, 7) is 1.71. The zero-order valence-corrected chi connectivity index (χ0v) is 11.6. The minimum absolute atomic E-state index is 0.108. The van der Waals surface area contributed by atoms with E-state index in [4.69, 9.17) is 17.3 Å². The van der Waals surface area contributed by atoms with Gasteiger partial charge in [0, 0.05) is 12.1 Å². The molecule has 0 saturated heterocycles. The van der Waals surface area contributed by atoms with Gasteiger partial charge in [-0.15, -0.1) is 0 Å². The molecule has 0 aromatic heterocycles. The number of halogens is 1. The van der Waals surface area contributed by atoms with E-state index in [1.165, 1.54) is 0 Å². The van der Waals surface area contributed by atoms with E-state index in [1.807, 2.05) is 14.1 Å². The minimum Gasteiger partial charge on any atom is -0.398 e. The lowest BCUT2D eigenvalue weighted by Gasteiger charge is -2.09. The van der Waals surface area contributed by atoms with Crippen molar-refractivity contribution in [3.8, 4) is 0 Å². The van der Waals surface area contributed by atoms with Crippen LogP contribution in [0, 0.1) is 0 Å². The van der Waals surface area contributed by atoms with Crippen LogP contribution in [-0.4, -0.2) is 38.0 Å². The molecule has 1 aromatic carbocycles. The third kappa shape index (κ3) is 4.94. The second-order valence-electron chi connectivity index (χ2n) is 4.50. The second-order valence-corrected chi connectivity index (χ2v) is 4.91. The molecule has 5 heteroatoms. The van der Waals surface area contributed by atoms with Gasteiger partial charge in [-0.3, -0.25) is 4.79 Å². The van der Waals surface area contributed by atoms with E-state index in [0.717, 1.165) is 19.4 Å². The van der Waals surface area contributed by atoms with Crippen LogP contribution in [0.3, 0.4) is 0 Å². The lowest BCUT2D eigenvalue weighted by molar-refractivity contribution is 0.0953. The fourth-order valence-corrected chi connectivity index (χ4v) is 1.66. The highest BCUT2D eigenvalue weighted by molar-refractivity contribution is 6.33. The number of anilines is 1. The Kier molecular flexibility index (Phi) is 5.95. The van der Waals surface area contributed by atoms with Gasteiger partial charge < -0.3 is 16.0 Å². The third-order valence-electron chi connectivity index (χ3n) is 2.58. The molecule has 0 aliphatic carbocycles. The number of carbonyl (C=O) groups excluding carboxylic acids is 1. The topological polar surface area (TPSA) is 58.4 Å². The summed E-state index contributed by atoms with van der Waals surface area (Å²) in [5, 5.41) is 3.33. The zero-order valence-electron chi connectivity index (χ0n) is 10.9. The Hall–Kier alpha value is -1.26. The average Bonchev–Trinajstić information content (AvgIpc) is 2.31. The van der Waals surface area contributed by atoms with Gasteiger partial charge >= 0.3 is 0 Å². The number of amides is 1. The van der Waals surface area contributed by atoms with Gasteiger partial charge in [0.1, 0.15) is 0 Å². The summed E-state index contributed by atoms with van der Waals surface area (Å²) in [5.41, 5.74) is 6.62. The molecule has 3 N–H and O–H groups in total. The number of benzene rings is 1. The quantitative estimate of drug-likeness (QED) is 0.613. The molecule has 100 valence electrons. The lowest BCUT2D eigenvalue weighted by atomic mass is 10.2. The van der Waals surface area contributed by atoms with Crippen LogP contribution < -0.4 is 11.1 Å². The fraction of sp³-hybridized carbons (Fsp3) is 0.462. The van der Waals surface area contributed by atoms with Crippen LogP contribution in [0.5, 0.6) is 0 Å². The van der Waals surface area contributed by atoms with Gasteiger partial charge in [-0.2, -0.15) is 0 Å². The van der Waals surface area contributed by atoms with Gasteiger partial charge in [0.05, 0.1) is 10.7 Å². The molecule has 1 aromatic rings. The fourth-order valence-electron chi connectivity index (χ4n) is 1.54. The Morgan fingerprint density at radius 1 is 1.39 bits per heavy atom. The highest BCUT2D eigenvalue weighted by Gasteiger charge is 2.06. The maximum Gasteiger partial charge on any atom is 0.251 e. The van der Waals surface area contributed by atoms with Crippen molar-refractivity contribution in [1.29, 1.82) is 0 Å². The summed E-state index contributed by atoms with van der Waals surface area (Å²) < 4.78 is 0. The number of nitrogens with two attached hydrogens (primary N) is 1. The maximum absolute atomic E-state index is 11.8. The summed E-state index contributed by atoms with van der Waals surface area (Å²) in [5.74, 6) is -0.108. The number of carbonyl (C=O) groups is 1. The molecule has 1 rings (SSSR count). The van der Waals surface area contributed by atoms with Crippen molar-refractivity contribution >= 4 is 23.2 Å².